The number of benzene rings is 1. The van der Waals surface area contributed by atoms with Crippen molar-refractivity contribution >= 4 is 17.5 Å². The molecule has 2 amide bonds. The molecule has 1 fully saturated rings. The normalized spacial score (nSPS) is 13.8. The van der Waals surface area contributed by atoms with Gasteiger partial charge in [-0.15, -0.1) is 0 Å². The van der Waals surface area contributed by atoms with Crippen LogP contribution in [-0.4, -0.2) is 34.8 Å². The number of rotatable bonds is 3. The monoisotopic (exact) mass is 331 g/mol. The summed E-state index contributed by atoms with van der Waals surface area (Å²) < 4.78 is 26.5. The lowest BCUT2D eigenvalue weighted by atomic mass is 10.1. The maximum Gasteiger partial charge on any atom is 0.257 e. The number of likely N-dealkylation sites (tertiary alicyclic amines) is 1. The van der Waals surface area contributed by atoms with Gasteiger partial charge < -0.3 is 10.2 Å². The quantitative estimate of drug-likeness (QED) is 0.941. The average molecular weight is 331 g/mol. The molecule has 1 saturated heterocycles. The van der Waals surface area contributed by atoms with Crippen molar-refractivity contribution in [1.29, 1.82) is 0 Å². The van der Waals surface area contributed by atoms with Crippen LogP contribution in [0, 0.1) is 11.6 Å². The molecule has 1 aliphatic heterocycles. The van der Waals surface area contributed by atoms with E-state index < -0.39 is 17.5 Å². The van der Waals surface area contributed by atoms with E-state index in [4.69, 9.17) is 0 Å². The number of anilines is 1. The SMILES string of the molecule is O=C(Nc1ccc(F)cc1F)c1cncc(C(=O)N2CCCC2)c1. The lowest BCUT2D eigenvalue weighted by Crippen LogP contribution is -2.28. The summed E-state index contributed by atoms with van der Waals surface area (Å²) in [7, 11) is 0. The fraction of sp³-hybridized carbons (Fsp3) is 0.235. The van der Waals surface area contributed by atoms with E-state index in [2.05, 4.69) is 10.3 Å². The second-order valence-electron chi connectivity index (χ2n) is 5.54. The van der Waals surface area contributed by atoms with Crippen molar-refractivity contribution in [2.24, 2.45) is 0 Å². The average Bonchev–Trinajstić information content (AvgIpc) is 3.11. The van der Waals surface area contributed by atoms with Crippen LogP contribution >= 0.6 is 0 Å². The number of nitrogens with zero attached hydrogens (tertiary/aromatic N) is 2. The summed E-state index contributed by atoms with van der Waals surface area (Å²) in [6.07, 6.45) is 4.61. The zero-order valence-electron chi connectivity index (χ0n) is 12.8. The van der Waals surface area contributed by atoms with Gasteiger partial charge in [0.2, 0.25) is 0 Å². The minimum Gasteiger partial charge on any atom is -0.339 e. The Labute approximate surface area is 137 Å². The van der Waals surface area contributed by atoms with E-state index in [1.807, 2.05) is 0 Å². The molecule has 24 heavy (non-hydrogen) atoms. The van der Waals surface area contributed by atoms with Gasteiger partial charge in [0.25, 0.3) is 11.8 Å². The molecular weight excluding hydrogens is 316 g/mol. The number of carbonyl (C=O) groups excluding carboxylic acids is 2. The van der Waals surface area contributed by atoms with Gasteiger partial charge in [-0.25, -0.2) is 8.78 Å². The van der Waals surface area contributed by atoms with Crippen LogP contribution in [0.2, 0.25) is 0 Å². The largest absolute Gasteiger partial charge is 0.339 e. The summed E-state index contributed by atoms with van der Waals surface area (Å²) in [5, 5.41) is 2.34. The maximum atomic E-state index is 13.6. The number of carbonyl (C=O) groups is 2. The van der Waals surface area contributed by atoms with Gasteiger partial charge in [0.15, 0.2) is 0 Å². The molecule has 1 aliphatic rings. The van der Waals surface area contributed by atoms with E-state index in [1.54, 1.807) is 4.90 Å². The molecule has 1 N–H and O–H groups in total. The second kappa shape index (κ2) is 6.74. The summed E-state index contributed by atoms with van der Waals surface area (Å²) >= 11 is 0. The first-order chi connectivity index (χ1) is 11.5. The van der Waals surface area contributed by atoms with Crippen molar-refractivity contribution in [2.45, 2.75) is 12.8 Å². The molecule has 124 valence electrons. The lowest BCUT2D eigenvalue weighted by Gasteiger charge is -2.15. The highest BCUT2D eigenvalue weighted by atomic mass is 19.1. The van der Waals surface area contributed by atoms with Gasteiger partial charge in [-0.2, -0.15) is 0 Å². The first-order valence-corrected chi connectivity index (χ1v) is 7.55. The molecule has 1 aromatic heterocycles. The Balaban J connectivity index is 1.77. The third-order valence-corrected chi connectivity index (χ3v) is 3.82. The van der Waals surface area contributed by atoms with Crippen LogP contribution in [0.15, 0.2) is 36.7 Å². The summed E-state index contributed by atoms with van der Waals surface area (Å²) in [5.74, 6) is -2.40. The van der Waals surface area contributed by atoms with Crippen LogP contribution in [0.1, 0.15) is 33.6 Å². The van der Waals surface area contributed by atoms with E-state index in [1.165, 1.54) is 18.5 Å². The predicted octanol–water partition coefficient (Wildman–Crippen LogP) is 2.85. The van der Waals surface area contributed by atoms with E-state index >= 15 is 0 Å². The highest BCUT2D eigenvalue weighted by Gasteiger charge is 2.21. The molecule has 5 nitrogen and oxygen atoms in total. The molecule has 0 bridgehead atoms. The van der Waals surface area contributed by atoms with Crippen LogP contribution in [0.4, 0.5) is 14.5 Å². The summed E-state index contributed by atoms with van der Waals surface area (Å²) in [6, 6.07) is 4.28. The number of nitrogens with one attached hydrogen (secondary N) is 1. The van der Waals surface area contributed by atoms with Gasteiger partial charge in [0.05, 0.1) is 16.8 Å². The standard InChI is InChI=1S/C17H15F2N3O2/c18-13-3-4-15(14(19)8-13)21-16(23)11-7-12(10-20-9-11)17(24)22-5-1-2-6-22/h3-4,7-10H,1-2,5-6H2,(H,21,23). The molecule has 0 atom stereocenters. The molecule has 3 rings (SSSR count). The molecule has 0 radical (unpaired) electrons. The Morgan fingerprint density at radius 1 is 1.04 bits per heavy atom. The summed E-state index contributed by atoms with van der Waals surface area (Å²) in [5.41, 5.74) is 0.297. The zero-order valence-corrected chi connectivity index (χ0v) is 12.8. The maximum absolute atomic E-state index is 13.6. The molecule has 7 heteroatoms. The van der Waals surface area contributed by atoms with Crippen LogP contribution in [0.5, 0.6) is 0 Å². The van der Waals surface area contributed by atoms with Crippen molar-refractivity contribution in [3.8, 4) is 0 Å². The van der Waals surface area contributed by atoms with Crippen molar-refractivity contribution in [3.63, 3.8) is 0 Å². The number of hydrogen-bond acceptors (Lipinski definition) is 3. The van der Waals surface area contributed by atoms with Crippen LogP contribution in [0.25, 0.3) is 0 Å². The summed E-state index contributed by atoms with van der Waals surface area (Å²) in [4.78, 5) is 30.2. The molecular formula is C17H15F2N3O2. The molecule has 2 heterocycles. The highest BCUT2D eigenvalue weighted by Crippen LogP contribution is 2.17. The molecule has 0 saturated carbocycles. The van der Waals surface area contributed by atoms with Gasteiger partial charge in [0.1, 0.15) is 11.6 Å². The zero-order chi connectivity index (χ0) is 17.1. The Morgan fingerprint density at radius 3 is 2.46 bits per heavy atom. The first-order valence-electron chi connectivity index (χ1n) is 7.55. The van der Waals surface area contributed by atoms with Gasteiger partial charge in [-0.3, -0.25) is 14.6 Å². The van der Waals surface area contributed by atoms with Gasteiger partial charge in [0, 0.05) is 31.5 Å². The minimum absolute atomic E-state index is 0.128. The fourth-order valence-corrected chi connectivity index (χ4v) is 2.57. The van der Waals surface area contributed by atoms with Crippen LogP contribution in [0.3, 0.4) is 0 Å². The fourth-order valence-electron chi connectivity index (χ4n) is 2.57. The Kier molecular flexibility index (Phi) is 4.50. The first kappa shape index (κ1) is 16.0. The Bertz CT molecular complexity index is 789. The molecule has 0 spiro atoms. The number of pyridine rings is 1. The van der Waals surface area contributed by atoms with Gasteiger partial charge in [-0.05, 0) is 31.0 Å². The summed E-state index contributed by atoms with van der Waals surface area (Å²) in [6.45, 7) is 1.38. The third-order valence-electron chi connectivity index (χ3n) is 3.82. The van der Waals surface area contributed by atoms with Crippen molar-refractivity contribution < 1.29 is 18.4 Å². The number of aromatic nitrogens is 1. The minimum atomic E-state index is -0.874. The molecule has 2 aromatic rings. The van der Waals surface area contributed by atoms with E-state index in [0.29, 0.717) is 24.7 Å². The van der Waals surface area contributed by atoms with Crippen LogP contribution < -0.4 is 5.32 Å². The Morgan fingerprint density at radius 2 is 1.75 bits per heavy atom. The highest BCUT2D eigenvalue weighted by molar-refractivity contribution is 6.05. The topological polar surface area (TPSA) is 62.3 Å². The predicted molar refractivity (Wildman–Crippen MR) is 83.7 cm³/mol. The number of amides is 2. The number of hydrogen-bond donors (Lipinski definition) is 1. The third kappa shape index (κ3) is 3.40. The van der Waals surface area contributed by atoms with Crippen molar-refractivity contribution in [1.82, 2.24) is 9.88 Å². The van der Waals surface area contributed by atoms with Crippen LogP contribution in [-0.2, 0) is 0 Å². The van der Waals surface area contributed by atoms with Gasteiger partial charge in [-0.1, -0.05) is 0 Å². The van der Waals surface area contributed by atoms with Gasteiger partial charge >= 0.3 is 0 Å². The van der Waals surface area contributed by atoms with E-state index in [0.717, 1.165) is 25.0 Å². The smallest absolute Gasteiger partial charge is 0.257 e. The lowest BCUT2D eigenvalue weighted by molar-refractivity contribution is 0.0792. The second-order valence-corrected chi connectivity index (χ2v) is 5.54. The van der Waals surface area contributed by atoms with Crippen molar-refractivity contribution in [2.75, 3.05) is 18.4 Å². The molecule has 0 aliphatic carbocycles. The van der Waals surface area contributed by atoms with E-state index in [-0.39, 0.29) is 17.2 Å². The van der Waals surface area contributed by atoms with E-state index in [9.17, 15) is 18.4 Å². The number of halogens is 2. The Hall–Kier alpha value is -2.83. The van der Waals surface area contributed by atoms with Crippen molar-refractivity contribution in [3.05, 3.63) is 59.4 Å². The molecule has 0 unspecified atom stereocenters. The molecule has 1 aromatic carbocycles.